The molecule has 0 radical (unpaired) electrons. The summed E-state index contributed by atoms with van der Waals surface area (Å²) in [6.07, 6.45) is 5.73. The Balaban J connectivity index is 1.85. The lowest BCUT2D eigenvalue weighted by atomic mass is 10.1. The Morgan fingerprint density at radius 3 is 2.44 bits per heavy atom. The second-order valence-electron chi connectivity index (χ2n) is 5.35. The van der Waals surface area contributed by atoms with Crippen LogP contribution in [0.5, 0.6) is 0 Å². The van der Waals surface area contributed by atoms with E-state index in [1.165, 1.54) is 24.1 Å². The number of benzene rings is 1. The van der Waals surface area contributed by atoms with Crippen molar-refractivity contribution in [3.63, 3.8) is 0 Å². The third-order valence-electron chi connectivity index (χ3n) is 3.29. The van der Waals surface area contributed by atoms with Crippen molar-refractivity contribution in [2.45, 2.75) is 39.4 Å². The zero-order valence-corrected chi connectivity index (χ0v) is 11.5. The lowest BCUT2D eigenvalue weighted by Gasteiger charge is -2.23. The molecule has 98 valence electrons. The summed E-state index contributed by atoms with van der Waals surface area (Å²) in [7, 11) is 0. The Morgan fingerprint density at radius 2 is 1.83 bits per heavy atom. The van der Waals surface area contributed by atoms with Crippen LogP contribution < -0.4 is 5.32 Å². The van der Waals surface area contributed by atoms with Gasteiger partial charge >= 0.3 is 0 Å². The molecule has 0 atom stereocenters. The zero-order valence-electron chi connectivity index (χ0n) is 11.5. The highest BCUT2D eigenvalue weighted by Gasteiger charge is 2.06. The molecule has 0 saturated carbocycles. The summed E-state index contributed by atoms with van der Waals surface area (Å²) in [4.78, 5) is 2.49. The Kier molecular flexibility index (Phi) is 4.97. The lowest BCUT2D eigenvalue weighted by Crippen LogP contribution is -2.26. The average Bonchev–Trinajstić information content (AvgIpc) is 2.39. The molecular formula is C16H24N2. The molecule has 1 aromatic carbocycles. The van der Waals surface area contributed by atoms with Gasteiger partial charge in [0.15, 0.2) is 0 Å². The number of hydrogen-bond acceptors (Lipinski definition) is 2. The van der Waals surface area contributed by atoms with Crippen LogP contribution in [0.1, 0.15) is 31.4 Å². The molecule has 2 heteroatoms. The lowest BCUT2D eigenvalue weighted by molar-refractivity contribution is 0.290. The first-order chi connectivity index (χ1) is 8.74. The second-order valence-corrected chi connectivity index (χ2v) is 5.35. The van der Waals surface area contributed by atoms with Crippen LogP contribution in [0.25, 0.3) is 0 Å². The molecule has 1 aromatic rings. The molecule has 0 aliphatic carbocycles. The molecule has 1 heterocycles. The molecule has 2 rings (SSSR count). The third-order valence-corrected chi connectivity index (χ3v) is 3.29. The molecule has 0 amide bonds. The van der Waals surface area contributed by atoms with E-state index in [2.05, 4.69) is 60.5 Å². The monoisotopic (exact) mass is 244 g/mol. The molecule has 18 heavy (non-hydrogen) atoms. The van der Waals surface area contributed by atoms with Crippen molar-refractivity contribution in [2.75, 3.05) is 13.1 Å². The van der Waals surface area contributed by atoms with E-state index in [0.717, 1.165) is 19.6 Å². The second kappa shape index (κ2) is 6.72. The van der Waals surface area contributed by atoms with E-state index in [1.807, 2.05) is 0 Å². The average molecular weight is 244 g/mol. The maximum absolute atomic E-state index is 3.44. The van der Waals surface area contributed by atoms with Crippen LogP contribution >= 0.6 is 0 Å². The van der Waals surface area contributed by atoms with Crippen LogP contribution in [0.3, 0.4) is 0 Å². The van der Waals surface area contributed by atoms with Gasteiger partial charge in [-0.2, -0.15) is 0 Å². The van der Waals surface area contributed by atoms with Gasteiger partial charge in [0.1, 0.15) is 0 Å². The highest BCUT2D eigenvalue weighted by Crippen LogP contribution is 2.10. The minimum absolute atomic E-state index is 0.546. The van der Waals surface area contributed by atoms with E-state index in [4.69, 9.17) is 0 Å². The number of rotatable bonds is 5. The summed E-state index contributed by atoms with van der Waals surface area (Å²) in [5.74, 6) is 0. The normalized spacial score (nSPS) is 16.4. The van der Waals surface area contributed by atoms with Crippen molar-refractivity contribution in [1.29, 1.82) is 0 Å². The predicted molar refractivity (Wildman–Crippen MR) is 77.5 cm³/mol. The predicted octanol–water partition coefficient (Wildman–Crippen LogP) is 2.95. The molecule has 0 aromatic heterocycles. The Bertz CT molecular complexity index is 379. The fourth-order valence-electron chi connectivity index (χ4n) is 2.18. The van der Waals surface area contributed by atoms with Crippen molar-refractivity contribution < 1.29 is 0 Å². The summed E-state index contributed by atoms with van der Waals surface area (Å²) in [5.41, 5.74) is 2.78. The molecule has 0 spiro atoms. The van der Waals surface area contributed by atoms with Crippen LogP contribution in [0, 0.1) is 0 Å². The van der Waals surface area contributed by atoms with Crippen LogP contribution in [0.4, 0.5) is 0 Å². The fraction of sp³-hybridized carbons (Fsp3) is 0.500. The van der Waals surface area contributed by atoms with Gasteiger partial charge in [-0.15, -0.1) is 0 Å². The molecular weight excluding hydrogens is 220 g/mol. The minimum Gasteiger partial charge on any atom is -0.310 e. The molecule has 0 bridgehead atoms. The standard InChI is InChI=1S/C16H24N2/c1-14(2)17-12-15-6-8-16(9-7-15)13-18-10-4-3-5-11-18/h3-4,6-9,14,17H,5,10-13H2,1-2H3. The smallest absolute Gasteiger partial charge is 0.0237 e. The SMILES string of the molecule is CC(C)NCc1ccc(CN2CC=CCC2)cc1. The Hall–Kier alpha value is -1.12. The zero-order chi connectivity index (χ0) is 12.8. The summed E-state index contributed by atoms with van der Waals surface area (Å²) < 4.78 is 0. The van der Waals surface area contributed by atoms with Gasteiger partial charge in [0.05, 0.1) is 0 Å². The molecule has 1 aliphatic heterocycles. The van der Waals surface area contributed by atoms with E-state index in [1.54, 1.807) is 0 Å². The van der Waals surface area contributed by atoms with Crippen LogP contribution in [0.2, 0.25) is 0 Å². The van der Waals surface area contributed by atoms with E-state index in [0.29, 0.717) is 6.04 Å². The molecule has 0 unspecified atom stereocenters. The van der Waals surface area contributed by atoms with E-state index >= 15 is 0 Å². The van der Waals surface area contributed by atoms with Crippen molar-refractivity contribution >= 4 is 0 Å². The van der Waals surface area contributed by atoms with Crippen LogP contribution in [-0.2, 0) is 13.1 Å². The van der Waals surface area contributed by atoms with Gasteiger partial charge in [-0.25, -0.2) is 0 Å². The number of nitrogens with one attached hydrogen (secondary N) is 1. The Labute approximate surface area is 111 Å². The van der Waals surface area contributed by atoms with Crippen molar-refractivity contribution in [3.8, 4) is 0 Å². The van der Waals surface area contributed by atoms with Crippen LogP contribution in [-0.4, -0.2) is 24.0 Å². The highest BCUT2D eigenvalue weighted by molar-refractivity contribution is 5.22. The van der Waals surface area contributed by atoms with Gasteiger partial charge in [0, 0.05) is 32.2 Å². The molecule has 1 aliphatic rings. The van der Waals surface area contributed by atoms with Gasteiger partial charge < -0.3 is 5.32 Å². The largest absolute Gasteiger partial charge is 0.310 e. The quantitative estimate of drug-likeness (QED) is 0.801. The topological polar surface area (TPSA) is 15.3 Å². The summed E-state index contributed by atoms with van der Waals surface area (Å²) in [6, 6.07) is 9.55. The molecule has 0 saturated heterocycles. The van der Waals surface area contributed by atoms with E-state index < -0.39 is 0 Å². The fourth-order valence-corrected chi connectivity index (χ4v) is 2.18. The highest BCUT2D eigenvalue weighted by atomic mass is 15.1. The maximum Gasteiger partial charge on any atom is 0.0237 e. The maximum atomic E-state index is 3.44. The van der Waals surface area contributed by atoms with Gasteiger partial charge in [-0.1, -0.05) is 50.3 Å². The van der Waals surface area contributed by atoms with Crippen LogP contribution in [0.15, 0.2) is 36.4 Å². The van der Waals surface area contributed by atoms with Gasteiger partial charge in [-0.05, 0) is 17.5 Å². The van der Waals surface area contributed by atoms with Crippen molar-refractivity contribution in [1.82, 2.24) is 10.2 Å². The first-order valence-electron chi connectivity index (χ1n) is 6.92. The summed E-state index contributed by atoms with van der Waals surface area (Å²) in [5, 5.41) is 3.44. The van der Waals surface area contributed by atoms with Gasteiger partial charge in [0.2, 0.25) is 0 Å². The van der Waals surface area contributed by atoms with E-state index in [9.17, 15) is 0 Å². The number of nitrogens with zero attached hydrogens (tertiary/aromatic N) is 1. The molecule has 0 fully saturated rings. The van der Waals surface area contributed by atoms with Gasteiger partial charge in [-0.3, -0.25) is 4.90 Å². The first-order valence-corrected chi connectivity index (χ1v) is 6.92. The van der Waals surface area contributed by atoms with Gasteiger partial charge in [0.25, 0.3) is 0 Å². The molecule has 2 nitrogen and oxygen atoms in total. The van der Waals surface area contributed by atoms with Crippen molar-refractivity contribution in [2.24, 2.45) is 0 Å². The summed E-state index contributed by atoms with van der Waals surface area (Å²) in [6.45, 7) is 8.67. The Morgan fingerprint density at radius 1 is 1.11 bits per heavy atom. The molecule has 1 N–H and O–H groups in total. The van der Waals surface area contributed by atoms with E-state index in [-0.39, 0.29) is 0 Å². The first kappa shape index (κ1) is 13.3. The minimum atomic E-state index is 0.546. The summed E-state index contributed by atoms with van der Waals surface area (Å²) >= 11 is 0. The van der Waals surface area contributed by atoms with Crippen molar-refractivity contribution in [3.05, 3.63) is 47.5 Å². The third kappa shape index (κ3) is 4.28. The number of hydrogen-bond donors (Lipinski definition) is 1.